The number of aliphatic hydroxyl groups is 2. The fourth-order valence-corrected chi connectivity index (χ4v) is 7.28. The Morgan fingerprint density at radius 1 is 0.526 bits per heavy atom. The molecule has 10 nitrogen and oxygen atoms in total. The Labute approximate surface area is 348 Å². The molecule has 0 aliphatic heterocycles. The monoisotopic (exact) mass is 831 g/mol. The van der Waals surface area contributed by atoms with E-state index in [1.54, 1.807) is 0 Å². The Balaban J connectivity index is 4.24. The average Bonchev–Trinajstić information content (AvgIpc) is 3.20. The predicted molar refractivity (Wildman–Crippen MR) is 233 cm³/mol. The van der Waals surface area contributed by atoms with Crippen LogP contribution in [0.2, 0.25) is 0 Å². The number of ether oxygens (including phenoxy) is 2. The van der Waals surface area contributed by atoms with Crippen LogP contribution in [-0.2, 0) is 32.7 Å². The van der Waals surface area contributed by atoms with Gasteiger partial charge in [-0.2, -0.15) is 0 Å². The van der Waals surface area contributed by atoms with Crippen LogP contribution in [0.15, 0.2) is 24.3 Å². The Morgan fingerprint density at radius 2 is 0.912 bits per heavy atom. The van der Waals surface area contributed by atoms with Gasteiger partial charge >= 0.3 is 19.8 Å². The topological polar surface area (TPSA) is 149 Å². The molecule has 0 fully saturated rings. The Kier molecular flexibility index (Phi) is 41.4. The molecule has 0 amide bonds. The van der Waals surface area contributed by atoms with Crippen molar-refractivity contribution in [1.29, 1.82) is 0 Å². The molecule has 0 rings (SSSR count). The fourth-order valence-electron chi connectivity index (χ4n) is 6.50. The number of allylic oxidation sites excluding steroid dienone is 4. The summed E-state index contributed by atoms with van der Waals surface area (Å²) >= 11 is 0. The second kappa shape index (κ2) is 42.6. The van der Waals surface area contributed by atoms with Gasteiger partial charge < -0.3 is 24.6 Å². The molecular formula is C46H87O10P. The third kappa shape index (κ3) is 42.4. The van der Waals surface area contributed by atoms with Crippen LogP contribution in [0.1, 0.15) is 219 Å². The van der Waals surface area contributed by atoms with Crippen molar-refractivity contribution in [2.75, 3.05) is 26.4 Å². The molecule has 0 saturated heterocycles. The number of phosphoric ester groups is 1. The highest BCUT2D eigenvalue weighted by Gasteiger charge is 2.27. The SMILES string of the molecule is CCCCC/C=C\C/C=C\CCCCCCCCCC(=O)O[C@H](COC(=O)CCCCCCCCCCCCCCCCCCC)COP(=O)(O)OC[C@@H](O)CO. The second-order valence-corrected chi connectivity index (χ2v) is 17.2. The van der Waals surface area contributed by atoms with Gasteiger partial charge in [0, 0.05) is 12.8 Å². The molecule has 0 spiro atoms. The summed E-state index contributed by atoms with van der Waals surface area (Å²) in [6.45, 7) is 2.38. The van der Waals surface area contributed by atoms with E-state index in [4.69, 9.17) is 23.6 Å². The minimum absolute atomic E-state index is 0.178. The van der Waals surface area contributed by atoms with Crippen molar-refractivity contribution in [2.45, 2.75) is 232 Å². The highest BCUT2D eigenvalue weighted by atomic mass is 31.2. The number of carbonyl (C=O) groups is 2. The highest BCUT2D eigenvalue weighted by Crippen LogP contribution is 2.43. The zero-order chi connectivity index (χ0) is 41.9. The summed E-state index contributed by atoms with van der Waals surface area (Å²) in [6.07, 6.45) is 42.8. The van der Waals surface area contributed by atoms with E-state index >= 15 is 0 Å². The molecule has 0 saturated carbocycles. The first kappa shape index (κ1) is 55.5. The Hall–Kier alpha value is -1.55. The van der Waals surface area contributed by atoms with E-state index in [-0.39, 0.29) is 19.4 Å². The summed E-state index contributed by atoms with van der Waals surface area (Å²) in [5.74, 6) is -0.923. The summed E-state index contributed by atoms with van der Waals surface area (Å²) < 4.78 is 32.8. The minimum Gasteiger partial charge on any atom is -0.462 e. The molecule has 0 aromatic carbocycles. The third-order valence-electron chi connectivity index (χ3n) is 10.1. The standard InChI is InChI=1S/C46H87O10P/c1-3-5-7-9-11-13-15-17-19-21-23-25-27-29-31-33-35-37-45(49)53-41-44(42-55-57(51,52)54-40-43(48)39-47)56-46(50)38-36-34-32-30-28-26-24-22-20-18-16-14-12-10-8-6-4-2/h12,14,18,20,43-44,47-48H,3-11,13,15-17,19,21-42H2,1-2H3,(H,51,52)/b14-12-,20-18-/t43-,44+/m0/s1. The van der Waals surface area contributed by atoms with Crippen molar-refractivity contribution >= 4 is 19.8 Å². The fraction of sp³-hybridized carbons (Fsp3) is 0.870. The summed E-state index contributed by atoms with van der Waals surface area (Å²) in [6, 6.07) is 0. The van der Waals surface area contributed by atoms with Gasteiger partial charge in [-0.25, -0.2) is 4.57 Å². The van der Waals surface area contributed by atoms with E-state index in [0.29, 0.717) is 12.8 Å². The average molecular weight is 831 g/mol. The lowest BCUT2D eigenvalue weighted by atomic mass is 10.0. The zero-order valence-corrected chi connectivity index (χ0v) is 37.5. The lowest BCUT2D eigenvalue weighted by molar-refractivity contribution is -0.161. The van der Waals surface area contributed by atoms with Crippen molar-refractivity contribution in [1.82, 2.24) is 0 Å². The van der Waals surface area contributed by atoms with Gasteiger partial charge in [-0.05, 0) is 44.9 Å². The van der Waals surface area contributed by atoms with E-state index < -0.39 is 51.8 Å². The molecule has 3 N–H and O–H groups in total. The molecule has 336 valence electrons. The maximum Gasteiger partial charge on any atom is 0.472 e. The van der Waals surface area contributed by atoms with Gasteiger partial charge in [-0.15, -0.1) is 0 Å². The molecular weight excluding hydrogens is 743 g/mol. The Morgan fingerprint density at radius 3 is 1.39 bits per heavy atom. The first-order valence-corrected chi connectivity index (χ1v) is 24.8. The lowest BCUT2D eigenvalue weighted by Crippen LogP contribution is -2.29. The summed E-state index contributed by atoms with van der Waals surface area (Å²) in [4.78, 5) is 35.1. The van der Waals surface area contributed by atoms with Crippen molar-refractivity contribution in [3.8, 4) is 0 Å². The smallest absolute Gasteiger partial charge is 0.462 e. The van der Waals surface area contributed by atoms with Gasteiger partial charge in [-0.1, -0.05) is 186 Å². The number of unbranched alkanes of at least 4 members (excludes halogenated alkanes) is 26. The molecule has 0 aliphatic carbocycles. The zero-order valence-electron chi connectivity index (χ0n) is 36.6. The van der Waals surface area contributed by atoms with Crippen LogP contribution in [0.3, 0.4) is 0 Å². The van der Waals surface area contributed by atoms with E-state index in [0.717, 1.165) is 51.4 Å². The summed E-state index contributed by atoms with van der Waals surface area (Å²) in [7, 11) is -4.62. The second-order valence-electron chi connectivity index (χ2n) is 15.8. The maximum absolute atomic E-state index is 12.6. The third-order valence-corrected chi connectivity index (χ3v) is 11.1. The minimum atomic E-state index is -4.62. The molecule has 0 heterocycles. The van der Waals surface area contributed by atoms with E-state index in [9.17, 15) is 24.2 Å². The van der Waals surface area contributed by atoms with Gasteiger partial charge in [0.05, 0.1) is 19.8 Å². The van der Waals surface area contributed by atoms with Crippen LogP contribution in [0.25, 0.3) is 0 Å². The van der Waals surface area contributed by atoms with Gasteiger partial charge in [0.2, 0.25) is 0 Å². The van der Waals surface area contributed by atoms with E-state index in [1.165, 1.54) is 128 Å². The van der Waals surface area contributed by atoms with Gasteiger partial charge in [0.1, 0.15) is 12.7 Å². The van der Waals surface area contributed by atoms with Crippen molar-refractivity contribution in [2.24, 2.45) is 0 Å². The molecule has 0 aromatic rings. The van der Waals surface area contributed by atoms with Crippen molar-refractivity contribution < 1.29 is 47.8 Å². The molecule has 3 atom stereocenters. The summed E-state index contributed by atoms with van der Waals surface area (Å²) in [5.41, 5.74) is 0. The van der Waals surface area contributed by atoms with Crippen LogP contribution < -0.4 is 0 Å². The largest absolute Gasteiger partial charge is 0.472 e. The molecule has 1 unspecified atom stereocenters. The molecule has 0 radical (unpaired) electrons. The Bertz CT molecular complexity index is 1000. The van der Waals surface area contributed by atoms with Crippen LogP contribution in [0, 0.1) is 0 Å². The first-order valence-electron chi connectivity index (χ1n) is 23.3. The molecule has 11 heteroatoms. The number of hydrogen-bond acceptors (Lipinski definition) is 9. The van der Waals surface area contributed by atoms with E-state index in [2.05, 4.69) is 38.2 Å². The molecule has 0 aromatic heterocycles. The van der Waals surface area contributed by atoms with Crippen LogP contribution in [-0.4, -0.2) is 65.7 Å². The van der Waals surface area contributed by atoms with Crippen LogP contribution in [0.4, 0.5) is 0 Å². The number of esters is 2. The van der Waals surface area contributed by atoms with Crippen LogP contribution in [0.5, 0.6) is 0 Å². The summed E-state index contributed by atoms with van der Waals surface area (Å²) in [5, 5.41) is 18.4. The number of carbonyl (C=O) groups excluding carboxylic acids is 2. The van der Waals surface area contributed by atoms with Crippen molar-refractivity contribution in [3.63, 3.8) is 0 Å². The van der Waals surface area contributed by atoms with Crippen LogP contribution >= 0.6 is 7.82 Å². The van der Waals surface area contributed by atoms with Gasteiger partial charge in [-0.3, -0.25) is 18.6 Å². The quantitative estimate of drug-likeness (QED) is 0.0234. The number of hydrogen-bond donors (Lipinski definition) is 3. The number of aliphatic hydroxyl groups excluding tert-OH is 2. The lowest BCUT2D eigenvalue weighted by Gasteiger charge is -2.20. The predicted octanol–water partition coefficient (Wildman–Crippen LogP) is 12.6. The van der Waals surface area contributed by atoms with Crippen molar-refractivity contribution in [3.05, 3.63) is 24.3 Å². The van der Waals surface area contributed by atoms with Gasteiger partial charge in [0.25, 0.3) is 0 Å². The molecule has 0 aliphatic rings. The normalized spacial score (nSPS) is 14.0. The van der Waals surface area contributed by atoms with Gasteiger partial charge in [0.15, 0.2) is 6.10 Å². The molecule has 57 heavy (non-hydrogen) atoms. The molecule has 0 bridgehead atoms. The highest BCUT2D eigenvalue weighted by molar-refractivity contribution is 7.47. The first-order chi connectivity index (χ1) is 27.7. The van der Waals surface area contributed by atoms with E-state index in [1.807, 2.05) is 0 Å². The number of rotatable bonds is 44. The number of phosphoric acid groups is 1. The maximum atomic E-state index is 12.6.